The summed E-state index contributed by atoms with van der Waals surface area (Å²) in [5, 5.41) is 3.59. The van der Waals surface area contributed by atoms with Gasteiger partial charge in [-0.25, -0.2) is 0 Å². The van der Waals surface area contributed by atoms with Crippen LogP contribution in [0.4, 0.5) is 13.2 Å². The maximum atomic E-state index is 12.3. The van der Waals surface area contributed by atoms with Crippen LogP contribution >= 0.6 is 0 Å². The van der Waals surface area contributed by atoms with E-state index in [4.69, 9.17) is 0 Å². The molecule has 0 radical (unpaired) electrons. The summed E-state index contributed by atoms with van der Waals surface area (Å²) in [7, 11) is 0. The van der Waals surface area contributed by atoms with Gasteiger partial charge in [0.1, 0.15) is 0 Å². The first kappa shape index (κ1) is 14.1. The number of rotatable bonds is 2. The van der Waals surface area contributed by atoms with Crippen molar-refractivity contribution >= 4 is 0 Å². The molecule has 0 aromatic heterocycles. The van der Waals surface area contributed by atoms with E-state index >= 15 is 0 Å². The molecule has 2 aliphatic rings. The smallest absolute Gasteiger partial charge is 0.308 e. The van der Waals surface area contributed by atoms with Gasteiger partial charge in [0.25, 0.3) is 0 Å². The fraction of sp³-hybridized carbons (Fsp3) is 1.00. The summed E-state index contributed by atoms with van der Waals surface area (Å²) in [5.41, 5.74) is 0.0936. The minimum absolute atomic E-state index is 0.0936. The monoisotopic (exact) mass is 264 g/mol. The molecule has 0 amide bonds. The molecular formula is C13H23F3N2. The third-order valence-electron chi connectivity index (χ3n) is 4.39. The van der Waals surface area contributed by atoms with Gasteiger partial charge in [-0.15, -0.1) is 0 Å². The highest BCUT2D eigenvalue weighted by Gasteiger charge is 2.39. The van der Waals surface area contributed by atoms with Crippen molar-refractivity contribution in [2.75, 3.05) is 19.6 Å². The Balaban J connectivity index is 1.92. The Morgan fingerprint density at radius 3 is 2.50 bits per heavy atom. The van der Waals surface area contributed by atoms with Gasteiger partial charge in [-0.05, 0) is 19.8 Å². The van der Waals surface area contributed by atoms with Crippen LogP contribution in [0.5, 0.6) is 0 Å². The molecule has 1 atom stereocenters. The summed E-state index contributed by atoms with van der Waals surface area (Å²) in [5.74, 6) is 0. The molecule has 0 bridgehead atoms. The van der Waals surface area contributed by atoms with Crippen LogP contribution < -0.4 is 5.32 Å². The zero-order valence-corrected chi connectivity index (χ0v) is 11.0. The second kappa shape index (κ2) is 5.37. The minimum atomic E-state index is -4.04. The zero-order valence-electron chi connectivity index (χ0n) is 11.0. The van der Waals surface area contributed by atoms with E-state index in [9.17, 15) is 13.2 Å². The van der Waals surface area contributed by atoms with Gasteiger partial charge < -0.3 is 5.32 Å². The molecule has 1 aliphatic carbocycles. The van der Waals surface area contributed by atoms with Crippen LogP contribution in [0.15, 0.2) is 0 Å². The molecule has 5 heteroatoms. The SMILES string of the molecule is CC1CNC2(CCCCC2)CN1CCC(F)(F)F. The average Bonchev–Trinajstić information content (AvgIpc) is 2.31. The normalized spacial score (nSPS) is 29.7. The molecule has 18 heavy (non-hydrogen) atoms. The van der Waals surface area contributed by atoms with Crippen LogP contribution in [0, 0.1) is 0 Å². The van der Waals surface area contributed by atoms with Crippen molar-refractivity contribution in [1.29, 1.82) is 0 Å². The van der Waals surface area contributed by atoms with Crippen molar-refractivity contribution in [3.63, 3.8) is 0 Å². The Labute approximate surface area is 107 Å². The van der Waals surface area contributed by atoms with Gasteiger partial charge in [0.15, 0.2) is 0 Å². The van der Waals surface area contributed by atoms with Crippen molar-refractivity contribution in [3.8, 4) is 0 Å². The van der Waals surface area contributed by atoms with Crippen LogP contribution in [0.1, 0.15) is 45.4 Å². The van der Waals surface area contributed by atoms with Gasteiger partial charge in [-0.2, -0.15) is 13.2 Å². The Morgan fingerprint density at radius 2 is 1.89 bits per heavy atom. The minimum Gasteiger partial charge on any atom is -0.308 e. The largest absolute Gasteiger partial charge is 0.390 e. The van der Waals surface area contributed by atoms with Crippen molar-refractivity contribution in [1.82, 2.24) is 10.2 Å². The molecule has 1 spiro atoms. The Hall–Kier alpha value is -0.290. The summed E-state index contributed by atoms with van der Waals surface area (Å²) in [4.78, 5) is 2.02. The van der Waals surface area contributed by atoms with Gasteiger partial charge in [-0.3, -0.25) is 4.90 Å². The van der Waals surface area contributed by atoms with Crippen molar-refractivity contribution in [3.05, 3.63) is 0 Å². The van der Waals surface area contributed by atoms with E-state index in [1.807, 2.05) is 11.8 Å². The first-order chi connectivity index (χ1) is 8.40. The van der Waals surface area contributed by atoms with Crippen LogP contribution in [-0.2, 0) is 0 Å². The molecule has 2 nitrogen and oxygen atoms in total. The lowest BCUT2D eigenvalue weighted by molar-refractivity contribution is -0.140. The number of hydrogen-bond acceptors (Lipinski definition) is 2. The van der Waals surface area contributed by atoms with E-state index in [1.54, 1.807) is 0 Å². The van der Waals surface area contributed by atoms with Gasteiger partial charge in [0.05, 0.1) is 6.42 Å². The maximum Gasteiger partial charge on any atom is 0.390 e. The van der Waals surface area contributed by atoms with Crippen LogP contribution in [-0.4, -0.2) is 42.3 Å². The molecule has 1 aliphatic heterocycles. The quantitative estimate of drug-likeness (QED) is 0.825. The number of alkyl halides is 3. The summed E-state index contributed by atoms with van der Waals surface area (Å²) in [6, 6.07) is 0.208. The molecule has 0 aromatic carbocycles. The predicted octanol–water partition coefficient (Wildman–Crippen LogP) is 2.94. The van der Waals surface area contributed by atoms with Crippen LogP contribution in [0.25, 0.3) is 0 Å². The molecule has 2 fully saturated rings. The number of piperazine rings is 1. The van der Waals surface area contributed by atoms with E-state index in [-0.39, 0.29) is 18.1 Å². The topological polar surface area (TPSA) is 15.3 Å². The summed E-state index contributed by atoms with van der Waals surface area (Å²) in [6.45, 7) is 3.76. The molecule has 1 saturated heterocycles. The van der Waals surface area contributed by atoms with Crippen LogP contribution in [0.3, 0.4) is 0 Å². The molecule has 1 N–H and O–H groups in total. The van der Waals surface area contributed by atoms with E-state index in [0.717, 1.165) is 25.9 Å². The zero-order chi connectivity index (χ0) is 13.2. The second-order valence-electron chi connectivity index (χ2n) is 5.91. The molecule has 106 valence electrons. The summed E-state index contributed by atoms with van der Waals surface area (Å²) >= 11 is 0. The molecule has 1 saturated carbocycles. The van der Waals surface area contributed by atoms with Crippen LogP contribution in [0.2, 0.25) is 0 Å². The fourth-order valence-electron chi connectivity index (χ4n) is 3.23. The third-order valence-corrected chi connectivity index (χ3v) is 4.39. The number of nitrogens with zero attached hydrogens (tertiary/aromatic N) is 1. The highest BCUT2D eigenvalue weighted by molar-refractivity contribution is 4.98. The van der Waals surface area contributed by atoms with E-state index in [2.05, 4.69) is 5.32 Å². The van der Waals surface area contributed by atoms with Gasteiger partial charge >= 0.3 is 6.18 Å². The van der Waals surface area contributed by atoms with E-state index < -0.39 is 12.6 Å². The lowest BCUT2D eigenvalue weighted by Gasteiger charge is -2.49. The Morgan fingerprint density at radius 1 is 1.22 bits per heavy atom. The Bertz CT molecular complexity index is 272. The Kier molecular flexibility index (Phi) is 4.22. The van der Waals surface area contributed by atoms with Gasteiger partial charge in [0, 0.05) is 31.2 Å². The highest BCUT2D eigenvalue weighted by Crippen LogP contribution is 2.32. The molecule has 1 heterocycles. The van der Waals surface area contributed by atoms with E-state index in [1.165, 1.54) is 19.3 Å². The first-order valence-electron chi connectivity index (χ1n) is 6.96. The first-order valence-corrected chi connectivity index (χ1v) is 6.96. The summed E-state index contributed by atoms with van der Waals surface area (Å²) < 4.78 is 37.0. The molecular weight excluding hydrogens is 241 g/mol. The predicted molar refractivity (Wildman–Crippen MR) is 65.5 cm³/mol. The standard InChI is InChI=1S/C13H23F3N2/c1-11-9-17-12(5-3-2-4-6-12)10-18(11)8-7-13(14,15)16/h11,17H,2-10H2,1H3. The lowest BCUT2D eigenvalue weighted by Crippen LogP contribution is -2.64. The molecule has 2 rings (SSSR count). The van der Waals surface area contributed by atoms with Gasteiger partial charge in [0.2, 0.25) is 0 Å². The molecule has 0 aromatic rings. The third kappa shape index (κ3) is 3.60. The molecule has 1 unspecified atom stereocenters. The maximum absolute atomic E-state index is 12.3. The fourth-order valence-corrected chi connectivity index (χ4v) is 3.23. The lowest BCUT2D eigenvalue weighted by atomic mass is 9.79. The number of hydrogen-bond donors (Lipinski definition) is 1. The van der Waals surface area contributed by atoms with Crippen molar-refractivity contribution < 1.29 is 13.2 Å². The number of nitrogens with one attached hydrogen (secondary N) is 1. The van der Waals surface area contributed by atoms with Crippen molar-refractivity contribution in [2.45, 2.75) is 63.2 Å². The highest BCUT2D eigenvalue weighted by atomic mass is 19.4. The second-order valence-corrected chi connectivity index (χ2v) is 5.91. The van der Waals surface area contributed by atoms with Crippen molar-refractivity contribution in [2.24, 2.45) is 0 Å². The average molecular weight is 264 g/mol. The summed E-state index contributed by atoms with van der Waals surface area (Å²) in [6.07, 6.45) is 1.17. The van der Waals surface area contributed by atoms with E-state index in [0.29, 0.717) is 0 Å². The van der Waals surface area contributed by atoms with Gasteiger partial charge in [-0.1, -0.05) is 19.3 Å². The number of halogens is 3.